The van der Waals surface area contributed by atoms with Crippen molar-refractivity contribution < 1.29 is 62.4 Å². The molecule has 1 N–H and O–H groups in total. The number of nitrogens with zero attached hydrogens (tertiary/aromatic N) is 1. The molecule has 0 rings (SSSR count). The molecule has 0 saturated heterocycles. The van der Waals surface area contributed by atoms with Crippen molar-refractivity contribution in [1.82, 2.24) is 0 Å². The third-order valence-electron chi connectivity index (χ3n) is 0.982. The van der Waals surface area contributed by atoms with E-state index in [1.807, 2.05) is 0 Å². The second kappa shape index (κ2) is 4.04. The van der Waals surface area contributed by atoms with Crippen molar-refractivity contribution in [3.05, 3.63) is 0 Å². The van der Waals surface area contributed by atoms with Crippen LogP contribution >= 0.6 is 0 Å². The molecule has 0 saturated carbocycles. The predicted molar refractivity (Wildman–Crippen MR) is 23.8 cm³/mol. The number of nitriles is 1. The van der Waals surface area contributed by atoms with Gasteiger partial charge in [-0.05, 0) is 0 Å². The number of rotatable bonds is 0. The first-order chi connectivity index (χ1) is 5.06. The van der Waals surface area contributed by atoms with E-state index in [1.54, 1.807) is 0 Å². The van der Waals surface area contributed by atoms with Crippen LogP contribution in [-0.4, -0.2) is 23.1 Å². The molecular formula is C4H2F6NNaO. The molecule has 72 valence electrons. The smallest absolute Gasteiger partial charge is 1.00 e. The number of hydrogen-bond acceptors (Lipinski definition) is 2. The Labute approximate surface area is 91.9 Å². The quantitative estimate of drug-likeness (QED) is 0.304. The van der Waals surface area contributed by atoms with Crippen LogP contribution in [0.5, 0.6) is 0 Å². The second-order valence-electron chi connectivity index (χ2n) is 1.82. The molecule has 0 amide bonds. The second-order valence-corrected chi connectivity index (χ2v) is 1.82. The van der Waals surface area contributed by atoms with Crippen LogP contribution in [0.1, 0.15) is 1.43 Å². The average molecular weight is 217 g/mol. The minimum atomic E-state index is -6.04. The summed E-state index contributed by atoms with van der Waals surface area (Å²) in [5, 5.41) is 15.4. The van der Waals surface area contributed by atoms with Gasteiger partial charge < -0.3 is 6.53 Å². The maximum atomic E-state index is 11.4. The van der Waals surface area contributed by atoms with E-state index in [9.17, 15) is 26.3 Å². The van der Waals surface area contributed by atoms with Crippen molar-refractivity contribution in [3.63, 3.8) is 0 Å². The molecule has 0 fully saturated rings. The third kappa shape index (κ3) is 2.74. The molecule has 13 heavy (non-hydrogen) atoms. The van der Waals surface area contributed by atoms with Crippen molar-refractivity contribution in [2.45, 2.75) is 18.0 Å². The molecule has 0 bridgehead atoms. The van der Waals surface area contributed by atoms with Gasteiger partial charge in [0.1, 0.15) is 6.07 Å². The summed E-state index contributed by atoms with van der Waals surface area (Å²) >= 11 is 0. The molecule has 2 nitrogen and oxygen atoms in total. The monoisotopic (exact) mass is 217 g/mol. The van der Waals surface area contributed by atoms with Crippen LogP contribution in [0.3, 0.4) is 0 Å². The van der Waals surface area contributed by atoms with Gasteiger partial charge in [0, 0.05) is 0 Å². The molecule has 0 aromatic heterocycles. The molecule has 0 aliphatic carbocycles. The van der Waals surface area contributed by atoms with Crippen LogP contribution in [0, 0.1) is 11.3 Å². The van der Waals surface area contributed by atoms with Crippen molar-refractivity contribution in [3.8, 4) is 6.07 Å². The summed E-state index contributed by atoms with van der Waals surface area (Å²) in [6.45, 7) is 0. The van der Waals surface area contributed by atoms with Gasteiger partial charge in [-0.1, -0.05) is 0 Å². The maximum Gasteiger partial charge on any atom is 1.00 e. The normalized spacial score (nSPS) is 13.1. The Morgan fingerprint density at radius 3 is 1.23 bits per heavy atom. The molecule has 0 aromatic carbocycles. The first kappa shape index (κ1) is 15.5. The SMILES string of the molecule is N#CC(O)(C(F)(F)F)C(F)(F)F.[H-].[Na+]. The fourth-order valence-electron chi connectivity index (χ4n) is 0.287. The summed E-state index contributed by atoms with van der Waals surface area (Å²) in [4.78, 5) is 0. The van der Waals surface area contributed by atoms with Gasteiger partial charge in [0.05, 0.1) is 0 Å². The van der Waals surface area contributed by atoms with Gasteiger partial charge in [-0.25, -0.2) is 0 Å². The Morgan fingerprint density at radius 2 is 1.23 bits per heavy atom. The number of alkyl halides is 6. The predicted octanol–water partition coefficient (Wildman–Crippen LogP) is -1.52. The number of hydrogen-bond donors (Lipinski definition) is 1. The molecule has 0 radical (unpaired) electrons. The summed E-state index contributed by atoms with van der Waals surface area (Å²) in [5.74, 6) is 0. The van der Waals surface area contributed by atoms with Crippen molar-refractivity contribution in [2.75, 3.05) is 0 Å². The molecule has 0 heterocycles. The first-order valence-electron chi connectivity index (χ1n) is 2.33. The summed E-state index contributed by atoms with van der Waals surface area (Å²) in [6.07, 6.45) is -12.1. The van der Waals surface area contributed by atoms with Crippen molar-refractivity contribution in [1.29, 1.82) is 5.26 Å². The minimum Gasteiger partial charge on any atom is -1.00 e. The van der Waals surface area contributed by atoms with Crippen LogP contribution in [0.15, 0.2) is 0 Å². The van der Waals surface area contributed by atoms with E-state index in [0.717, 1.165) is 0 Å². The Hall–Kier alpha value is 0.0300. The van der Waals surface area contributed by atoms with E-state index < -0.39 is 18.0 Å². The van der Waals surface area contributed by atoms with E-state index in [0.29, 0.717) is 0 Å². The van der Waals surface area contributed by atoms with E-state index >= 15 is 0 Å². The topological polar surface area (TPSA) is 44.0 Å². The van der Waals surface area contributed by atoms with E-state index in [-0.39, 0.29) is 37.1 Å². The Kier molecular flexibility index (Phi) is 4.82. The standard InChI is InChI=1S/C4HF6NO.Na.H/c5-3(6,7)2(12,1-11)4(8,9)10;;/h12H;;/q;+1;-1. The summed E-state index contributed by atoms with van der Waals surface area (Å²) in [7, 11) is 0. The van der Waals surface area contributed by atoms with Crippen LogP contribution < -0.4 is 29.6 Å². The number of halogens is 6. The fraction of sp³-hybridized carbons (Fsp3) is 0.750. The van der Waals surface area contributed by atoms with Gasteiger partial charge in [0.25, 0.3) is 0 Å². The van der Waals surface area contributed by atoms with Gasteiger partial charge >= 0.3 is 47.5 Å². The zero-order valence-electron chi connectivity index (χ0n) is 7.16. The van der Waals surface area contributed by atoms with Crippen LogP contribution in [0.2, 0.25) is 0 Å². The molecule has 0 aliphatic rings. The van der Waals surface area contributed by atoms with Crippen LogP contribution in [0.25, 0.3) is 0 Å². The average Bonchev–Trinajstić information content (AvgIpc) is 1.81. The zero-order chi connectivity index (χ0) is 10.2. The first-order valence-corrected chi connectivity index (χ1v) is 2.33. The summed E-state index contributed by atoms with van der Waals surface area (Å²) < 4.78 is 68.4. The summed E-state index contributed by atoms with van der Waals surface area (Å²) in [5.41, 5.74) is -5.28. The van der Waals surface area contributed by atoms with Gasteiger partial charge in [-0.2, -0.15) is 31.6 Å². The van der Waals surface area contributed by atoms with Crippen LogP contribution in [0.4, 0.5) is 26.3 Å². The molecule has 0 aromatic rings. The van der Waals surface area contributed by atoms with Crippen molar-refractivity contribution >= 4 is 0 Å². The Balaban J connectivity index is -0.000000605. The van der Waals surface area contributed by atoms with Gasteiger partial charge in [-0.15, -0.1) is 0 Å². The maximum absolute atomic E-state index is 11.4. The molecule has 9 heteroatoms. The van der Waals surface area contributed by atoms with Crippen LogP contribution in [-0.2, 0) is 0 Å². The zero-order valence-corrected chi connectivity index (χ0v) is 8.16. The fourth-order valence-corrected chi connectivity index (χ4v) is 0.287. The summed E-state index contributed by atoms with van der Waals surface area (Å²) in [6, 6.07) is -0.236. The minimum absolute atomic E-state index is 0. The Morgan fingerprint density at radius 1 is 1.00 bits per heavy atom. The molecule has 0 spiro atoms. The van der Waals surface area contributed by atoms with Gasteiger partial charge in [0.15, 0.2) is 0 Å². The van der Waals surface area contributed by atoms with Gasteiger partial charge in [0.2, 0.25) is 0 Å². The van der Waals surface area contributed by atoms with Gasteiger partial charge in [-0.3, -0.25) is 0 Å². The van der Waals surface area contributed by atoms with Crippen molar-refractivity contribution in [2.24, 2.45) is 0 Å². The third-order valence-corrected chi connectivity index (χ3v) is 0.982. The molecule has 0 unspecified atom stereocenters. The van der Waals surface area contributed by atoms with E-state index in [1.165, 1.54) is 0 Å². The van der Waals surface area contributed by atoms with E-state index in [2.05, 4.69) is 0 Å². The molecule has 0 atom stereocenters. The molecule has 0 aliphatic heterocycles. The Bertz CT molecular complexity index is 205. The largest absolute Gasteiger partial charge is 1.00 e. The molecular weight excluding hydrogens is 215 g/mol. The van der Waals surface area contributed by atoms with E-state index in [4.69, 9.17) is 10.4 Å². The number of aliphatic hydroxyl groups is 1.